The molecular formula is C21H22F2N6O. The number of halogens is 2. The third-order valence-electron chi connectivity index (χ3n) is 5.71. The van der Waals surface area contributed by atoms with Gasteiger partial charge in [-0.2, -0.15) is 4.98 Å². The third-order valence-corrected chi connectivity index (χ3v) is 5.71. The summed E-state index contributed by atoms with van der Waals surface area (Å²) in [6.45, 7) is 3.17. The molecule has 5 rings (SSSR count). The van der Waals surface area contributed by atoms with E-state index in [9.17, 15) is 13.9 Å². The quantitative estimate of drug-likeness (QED) is 0.463. The molecule has 0 unspecified atom stereocenters. The molecule has 0 aliphatic heterocycles. The number of benzene rings is 1. The van der Waals surface area contributed by atoms with Crippen molar-refractivity contribution in [1.82, 2.24) is 24.5 Å². The Kier molecular flexibility index (Phi) is 4.25. The summed E-state index contributed by atoms with van der Waals surface area (Å²) in [5.74, 6) is 1.08. The first-order valence-electron chi connectivity index (χ1n) is 9.87. The molecule has 1 aliphatic carbocycles. The van der Waals surface area contributed by atoms with Crippen LogP contribution in [0.1, 0.15) is 25.6 Å². The predicted octanol–water partition coefficient (Wildman–Crippen LogP) is 3.87. The van der Waals surface area contributed by atoms with E-state index in [0.717, 1.165) is 16.5 Å². The first-order chi connectivity index (χ1) is 14.3. The Hall–Kier alpha value is -3.07. The number of imidazole rings is 1. The number of fused-ring (bicyclic) bond motifs is 2. The van der Waals surface area contributed by atoms with E-state index in [2.05, 4.69) is 25.3 Å². The molecular weight excluding hydrogens is 390 g/mol. The Labute approximate surface area is 171 Å². The van der Waals surface area contributed by atoms with Crippen molar-refractivity contribution >= 4 is 28.0 Å². The van der Waals surface area contributed by atoms with Crippen LogP contribution in [-0.2, 0) is 6.54 Å². The molecule has 0 saturated heterocycles. The van der Waals surface area contributed by atoms with Gasteiger partial charge in [0.1, 0.15) is 11.5 Å². The molecule has 4 aromatic rings. The summed E-state index contributed by atoms with van der Waals surface area (Å²) >= 11 is 0. The molecule has 0 amide bonds. The van der Waals surface area contributed by atoms with Crippen LogP contribution in [0, 0.1) is 6.92 Å². The topological polar surface area (TPSA) is 91.7 Å². The van der Waals surface area contributed by atoms with E-state index in [4.69, 9.17) is 0 Å². The lowest BCUT2D eigenvalue weighted by Crippen LogP contribution is -2.48. The van der Waals surface area contributed by atoms with E-state index in [1.807, 2.05) is 31.3 Å². The van der Waals surface area contributed by atoms with E-state index in [1.54, 1.807) is 17.7 Å². The highest BCUT2D eigenvalue weighted by molar-refractivity contribution is 5.95. The Bertz CT molecular complexity index is 1240. The van der Waals surface area contributed by atoms with Crippen LogP contribution in [0.5, 0.6) is 0 Å². The first-order valence-corrected chi connectivity index (χ1v) is 9.87. The van der Waals surface area contributed by atoms with Gasteiger partial charge in [0, 0.05) is 29.4 Å². The molecule has 7 nitrogen and oxygen atoms in total. The van der Waals surface area contributed by atoms with Crippen LogP contribution in [0.25, 0.3) is 33.2 Å². The minimum absolute atomic E-state index is 0.160. The normalized spacial score (nSPS) is 21.5. The Balaban J connectivity index is 1.48. The maximum atomic E-state index is 13.0. The highest BCUT2D eigenvalue weighted by Gasteiger charge is 2.38. The lowest BCUT2D eigenvalue weighted by Gasteiger charge is -2.41. The van der Waals surface area contributed by atoms with Crippen molar-refractivity contribution in [3.05, 3.63) is 36.4 Å². The fourth-order valence-electron chi connectivity index (χ4n) is 4.28. The monoisotopic (exact) mass is 412 g/mol. The van der Waals surface area contributed by atoms with Gasteiger partial charge in [-0.3, -0.25) is 0 Å². The molecule has 3 N–H and O–H groups in total. The van der Waals surface area contributed by atoms with Crippen LogP contribution < -0.4 is 5.32 Å². The van der Waals surface area contributed by atoms with E-state index in [1.165, 1.54) is 0 Å². The number of hydrogen-bond donors (Lipinski definition) is 3. The number of aryl methyl sites for hydroxylation is 1. The van der Waals surface area contributed by atoms with Crippen LogP contribution in [-0.4, -0.2) is 47.7 Å². The number of nitrogens with one attached hydrogen (secondary N) is 2. The van der Waals surface area contributed by atoms with Gasteiger partial charge in [-0.05, 0) is 44.4 Å². The Morgan fingerprint density at radius 2 is 2.13 bits per heavy atom. The van der Waals surface area contributed by atoms with Gasteiger partial charge in [0.05, 0.1) is 23.2 Å². The Morgan fingerprint density at radius 3 is 2.87 bits per heavy atom. The summed E-state index contributed by atoms with van der Waals surface area (Å²) in [5.41, 5.74) is 3.21. The van der Waals surface area contributed by atoms with Gasteiger partial charge in [0.2, 0.25) is 5.95 Å². The minimum Gasteiger partial charge on any atom is -0.390 e. The van der Waals surface area contributed by atoms with Gasteiger partial charge in [-0.15, -0.1) is 0 Å². The van der Waals surface area contributed by atoms with Crippen molar-refractivity contribution < 1.29 is 13.9 Å². The fourth-order valence-corrected chi connectivity index (χ4v) is 4.28. The average Bonchev–Trinajstić information content (AvgIpc) is 3.20. The number of nitrogens with zero attached hydrogens (tertiary/aromatic N) is 4. The van der Waals surface area contributed by atoms with Gasteiger partial charge in [-0.25, -0.2) is 18.7 Å². The minimum atomic E-state index is -2.45. The molecule has 1 saturated carbocycles. The van der Waals surface area contributed by atoms with Gasteiger partial charge >= 0.3 is 0 Å². The molecule has 1 aliphatic rings. The number of rotatable bonds is 5. The van der Waals surface area contributed by atoms with E-state index in [-0.39, 0.29) is 12.6 Å². The van der Waals surface area contributed by atoms with Gasteiger partial charge < -0.3 is 20.0 Å². The summed E-state index contributed by atoms with van der Waals surface area (Å²) in [6, 6.07) is 5.81. The van der Waals surface area contributed by atoms with Crippen LogP contribution in [0.15, 0.2) is 30.6 Å². The molecule has 9 heteroatoms. The second-order valence-electron chi connectivity index (χ2n) is 8.27. The maximum absolute atomic E-state index is 13.0. The predicted molar refractivity (Wildman–Crippen MR) is 111 cm³/mol. The average molecular weight is 412 g/mol. The van der Waals surface area contributed by atoms with Crippen molar-refractivity contribution in [2.45, 2.75) is 51.3 Å². The molecule has 0 bridgehead atoms. The number of hydrogen-bond acceptors (Lipinski definition) is 5. The molecule has 0 atom stereocenters. The molecule has 0 radical (unpaired) electrons. The zero-order chi connectivity index (χ0) is 21.0. The third kappa shape index (κ3) is 3.28. The summed E-state index contributed by atoms with van der Waals surface area (Å²) in [4.78, 5) is 16.5. The van der Waals surface area contributed by atoms with Gasteiger partial charge in [-0.1, -0.05) is 6.07 Å². The second-order valence-corrected chi connectivity index (χ2v) is 8.27. The first kappa shape index (κ1) is 18.9. The lowest BCUT2D eigenvalue weighted by atomic mass is 9.77. The Morgan fingerprint density at radius 1 is 1.33 bits per heavy atom. The highest BCUT2D eigenvalue weighted by atomic mass is 19.3. The van der Waals surface area contributed by atoms with Crippen molar-refractivity contribution in [2.75, 3.05) is 5.32 Å². The number of aromatic nitrogens is 5. The highest BCUT2D eigenvalue weighted by Crippen LogP contribution is 2.34. The molecule has 1 aromatic carbocycles. The number of H-pyrrole nitrogens is 1. The zero-order valence-electron chi connectivity index (χ0n) is 16.7. The number of alkyl halides is 2. The van der Waals surface area contributed by atoms with E-state index in [0.29, 0.717) is 41.3 Å². The lowest BCUT2D eigenvalue weighted by molar-refractivity contribution is -0.0235. The molecule has 0 spiro atoms. The SMILES string of the molecule is Cc1nc2ccc(-c3c[nH]c4nc(N[C@H]5C[C@@](C)(O)C5)ncc34)cc2n1CC(F)F. The molecule has 1 fully saturated rings. The van der Waals surface area contributed by atoms with Gasteiger partial charge in [0.25, 0.3) is 6.43 Å². The maximum Gasteiger partial charge on any atom is 0.256 e. The number of aliphatic hydroxyl groups is 1. The smallest absolute Gasteiger partial charge is 0.256 e. The van der Waals surface area contributed by atoms with Crippen molar-refractivity contribution in [3.63, 3.8) is 0 Å². The number of anilines is 1. The summed E-state index contributed by atoms with van der Waals surface area (Å²) in [5, 5.41) is 14.0. The van der Waals surface area contributed by atoms with Crippen LogP contribution in [0.4, 0.5) is 14.7 Å². The summed E-state index contributed by atoms with van der Waals surface area (Å²) in [6.07, 6.45) is 2.47. The number of aromatic amines is 1. The van der Waals surface area contributed by atoms with Crippen molar-refractivity contribution in [2.24, 2.45) is 0 Å². The van der Waals surface area contributed by atoms with Crippen molar-refractivity contribution in [1.29, 1.82) is 0 Å². The second kappa shape index (κ2) is 6.73. The van der Waals surface area contributed by atoms with Crippen LogP contribution >= 0.6 is 0 Å². The van der Waals surface area contributed by atoms with E-state index >= 15 is 0 Å². The largest absolute Gasteiger partial charge is 0.390 e. The molecule has 3 aromatic heterocycles. The standard InChI is InChI=1S/C21H22F2N6O/c1-11-26-16-4-3-12(5-17(16)29(11)10-18(22)23)14-8-24-19-15(14)9-25-20(28-19)27-13-6-21(2,30)7-13/h3-5,8-9,13,18,30H,6-7,10H2,1-2H3,(H2,24,25,27,28)/t13-,21+. The summed E-state index contributed by atoms with van der Waals surface area (Å²) < 4.78 is 27.5. The molecule has 156 valence electrons. The van der Waals surface area contributed by atoms with Crippen LogP contribution in [0.2, 0.25) is 0 Å². The van der Waals surface area contributed by atoms with Crippen molar-refractivity contribution in [3.8, 4) is 11.1 Å². The van der Waals surface area contributed by atoms with E-state index < -0.39 is 12.0 Å². The summed E-state index contributed by atoms with van der Waals surface area (Å²) in [7, 11) is 0. The fraction of sp³-hybridized carbons (Fsp3) is 0.381. The molecule has 3 heterocycles. The zero-order valence-corrected chi connectivity index (χ0v) is 16.7. The van der Waals surface area contributed by atoms with Gasteiger partial charge in [0.15, 0.2) is 0 Å². The molecule has 30 heavy (non-hydrogen) atoms. The van der Waals surface area contributed by atoms with Crippen LogP contribution in [0.3, 0.4) is 0 Å².